The molecule has 0 saturated heterocycles. The van der Waals surface area contributed by atoms with Crippen LogP contribution < -0.4 is 5.56 Å². The van der Waals surface area contributed by atoms with Crippen LogP contribution in [0.3, 0.4) is 0 Å². The minimum Gasteiger partial charge on any atom is -0.378 e. The number of hydrogen-bond donors (Lipinski definition) is 1. The van der Waals surface area contributed by atoms with Crippen LogP contribution >= 0.6 is 33.9 Å². The van der Waals surface area contributed by atoms with Crippen molar-refractivity contribution < 1.29 is 4.74 Å². The largest absolute Gasteiger partial charge is 0.378 e. The summed E-state index contributed by atoms with van der Waals surface area (Å²) in [6, 6.07) is 0. The van der Waals surface area contributed by atoms with Crippen molar-refractivity contribution in [1.29, 1.82) is 0 Å². The Balaban J connectivity index is 2.31. The maximum Gasteiger partial charge on any atom is 0.264 e. The Morgan fingerprint density at radius 3 is 2.89 bits per heavy atom. The fourth-order valence-corrected chi connectivity index (χ4v) is 2.56. The van der Waals surface area contributed by atoms with Crippen molar-refractivity contribution in [3.63, 3.8) is 0 Å². The summed E-state index contributed by atoms with van der Waals surface area (Å²) in [7, 11) is 1.59. The summed E-state index contributed by atoms with van der Waals surface area (Å²) in [5.74, 6) is 0.623. The molecule has 0 aromatic carbocycles. The zero-order chi connectivity index (χ0) is 13.1. The summed E-state index contributed by atoms with van der Waals surface area (Å²) in [4.78, 5) is 23.3. The van der Waals surface area contributed by atoms with Crippen LogP contribution in [-0.4, -0.2) is 22.1 Å². The Kier molecular flexibility index (Phi) is 4.46. The van der Waals surface area contributed by atoms with E-state index >= 15 is 0 Å². The van der Waals surface area contributed by atoms with E-state index in [1.165, 1.54) is 0 Å². The van der Waals surface area contributed by atoms with Crippen molar-refractivity contribution in [2.75, 3.05) is 7.11 Å². The van der Waals surface area contributed by atoms with Gasteiger partial charge in [-0.1, -0.05) is 0 Å². The molecule has 7 heteroatoms. The van der Waals surface area contributed by atoms with Crippen LogP contribution in [0.2, 0.25) is 0 Å². The Labute approximate surface area is 122 Å². The SMILES string of the molecule is COCc1nc(Cc2csc(C)n2)[nH]c(=O)c1I. The van der Waals surface area contributed by atoms with Crippen molar-refractivity contribution in [2.24, 2.45) is 0 Å². The number of thiazole rings is 1. The molecule has 0 saturated carbocycles. The van der Waals surface area contributed by atoms with Crippen LogP contribution in [0, 0.1) is 10.5 Å². The summed E-state index contributed by atoms with van der Waals surface area (Å²) in [6.07, 6.45) is 0.535. The molecule has 2 aromatic heterocycles. The predicted octanol–water partition coefficient (Wildman–Crippen LogP) is 1.88. The van der Waals surface area contributed by atoms with Crippen LogP contribution in [0.15, 0.2) is 10.2 Å². The fourth-order valence-electron chi connectivity index (χ4n) is 1.53. The molecule has 0 radical (unpaired) electrons. The van der Waals surface area contributed by atoms with Gasteiger partial charge in [0.05, 0.1) is 23.0 Å². The van der Waals surface area contributed by atoms with Gasteiger partial charge in [0, 0.05) is 18.9 Å². The number of H-pyrrole nitrogens is 1. The van der Waals surface area contributed by atoms with Gasteiger partial charge in [0.2, 0.25) is 0 Å². The average Bonchev–Trinajstić information content (AvgIpc) is 2.71. The fraction of sp³-hybridized carbons (Fsp3) is 0.364. The predicted molar refractivity (Wildman–Crippen MR) is 77.9 cm³/mol. The quantitative estimate of drug-likeness (QED) is 0.827. The van der Waals surface area contributed by atoms with Crippen LogP contribution in [0.5, 0.6) is 0 Å². The standard InChI is InChI=1S/C11H12IN3O2S/c1-6-13-7(5-18-6)3-9-14-8(4-17-2)10(12)11(16)15-9/h5H,3-4H2,1-2H3,(H,14,15,16). The molecule has 2 heterocycles. The number of halogens is 1. The van der Waals surface area contributed by atoms with Crippen LogP contribution in [0.1, 0.15) is 22.2 Å². The van der Waals surface area contributed by atoms with E-state index in [1.807, 2.05) is 34.9 Å². The van der Waals surface area contributed by atoms with Gasteiger partial charge in [0.1, 0.15) is 9.39 Å². The maximum absolute atomic E-state index is 11.8. The molecule has 0 bridgehead atoms. The van der Waals surface area contributed by atoms with Gasteiger partial charge in [0.25, 0.3) is 5.56 Å². The van der Waals surface area contributed by atoms with Gasteiger partial charge in [-0.2, -0.15) is 0 Å². The first-order chi connectivity index (χ1) is 8.60. The lowest BCUT2D eigenvalue weighted by Crippen LogP contribution is -2.18. The number of aromatic amines is 1. The molecule has 2 rings (SSSR count). The molecule has 0 unspecified atom stereocenters. The highest BCUT2D eigenvalue weighted by Crippen LogP contribution is 2.12. The molecule has 5 nitrogen and oxygen atoms in total. The number of nitrogens with zero attached hydrogens (tertiary/aromatic N) is 2. The van der Waals surface area contributed by atoms with Crippen LogP contribution in [-0.2, 0) is 17.8 Å². The Morgan fingerprint density at radius 2 is 2.28 bits per heavy atom. The van der Waals surface area contributed by atoms with E-state index in [1.54, 1.807) is 18.4 Å². The first kappa shape index (κ1) is 13.6. The smallest absolute Gasteiger partial charge is 0.264 e. The highest BCUT2D eigenvalue weighted by atomic mass is 127. The Hall–Kier alpha value is -0.800. The van der Waals surface area contributed by atoms with Crippen molar-refractivity contribution in [1.82, 2.24) is 15.0 Å². The number of nitrogens with one attached hydrogen (secondary N) is 1. The summed E-state index contributed by atoms with van der Waals surface area (Å²) in [6.45, 7) is 2.29. The van der Waals surface area contributed by atoms with Crippen LogP contribution in [0.25, 0.3) is 0 Å². The van der Waals surface area contributed by atoms with Crippen molar-refractivity contribution in [3.8, 4) is 0 Å². The Morgan fingerprint density at radius 1 is 1.50 bits per heavy atom. The molecule has 18 heavy (non-hydrogen) atoms. The number of ether oxygens (including phenoxy) is 1. The van der Waals surface area contributed by atoms with Gasteiger partial charge in [-0.15, -0.1) is 11.3 Å². The topological polar surface area (TPSA) is 67.9 Å². The normalized spacial score (nSPS) is 10.8. The third-order valence-electron chi connectivity index (χ3n) is 2.28. The first-order valence-electron chi connectivity index (χ1n) is 5.27. The lowest BCUT2D eigenvalue weighted by atomic mass is 10.3. The van der Waals surface area contributed by atoms with E-state index < -0.39 is 0 Å². The van der Waals surface area contributed by atoms with E-state index in [2.05, 4.69) is 15.0 Å². The minimum atomic E-state index is -0.125. The second-order valence-electron chi connectivity index (χ2n) is 3.74. The van der Waals surface area contributed by atoms with E-state index in [4.69, 9.17) is 4.74 Å². The second kappa shape index (κ2) is 5.89. The molecule has 0 spiro atoms. The Bertz CT molecular complexity index is 609. The van der Waals surface area contributed by atoms with E-state index in [-0.39, 0.29) is 5.56 Å². The van der Waals surface area contributed by atoms with Crippen molar-refractivity contribution in [3.05, 3.63) is 41.5 Å². The molecule has 96 valence electrons. The van der Waals surface area contributed by atoms with Gasteiger partial charge in [-0.25, -0.2) is 9.97 Å². The summed E-state index contributed by atoms with van der Waals surface area (Å²) in [5.41, 5.74) is 1.47. The number of rotatable bonds is 4. The highest BCUT2D eigenvalue weighted by molar-refractivity contribution is 14.1. The summed E-state index contributed by atoms with van der Waals surface area (Å²) >= 11 is 3.57. The lowest BCUT2D eigenvalue weighted by Gasteiger charge is -2.04. The minimum absolute atomic E-state index is 0.125. The third-order valence-corrected chi connectivity index (χ3v) is 4.21. The van der Waals surface area contributed by atoms with E-state index in [0.717, 1.165) is 10.7 Å². The number of hydrogen-bond acceptors (Lipinski definition) is 5. The molecule has 0 aliphatic heterocycles. The molecule has 1 N–H and O–H groups in total. The molecule has 0 amide bonds. The second-order valence-corrected chi connectivity index (χ2v) is 5.88. The number of aryl methyl sites for hydroxylation is 1. The van der Waals surface area contributed by atoms with Gasteiger partial charge in [-0.05, 0) is 29.5 Å². The maximum atomic E-state index is 11.8. The van der Waals surface area contributed by atoms with Gasteiger partial charge in [-0.3, -0.25) is 4.79 Å². The van der Waals surface area contributed by atoms with Crippen LogP contribution in [0.4, 0.5) is 0 Å². The number of aromatic nitrogens is 3. The molecular formula is C11H12IN3O2S. The molecule has 0 aliphatic rings. The third kappa shape index (κ3) is 3.15. The highest BCUT2D eigenvalue weighted by Gasteiger charge is 2.10. The number of methoxy groups -OCH3 is 1. The summed E-state index contributed by atoms with van der Waals surface area (Å²) < 4.78 is 5.62. The van der Waals surface area contributed by atoms with Gasteiger partial charge in [0.15, 0.2) is 0 Å². The molecule has 0 aliphatic carbocycles. The molecule has 2 aromatic rings. The average molecular weight is 377 g/mol. The van der Waals surface area contributed by atoms with Gasteiger partial charge < -0.3 is 9.72 Å². The van der Waals surface area contributed by atoms with E-state index in [0.29, 0.717) is 28.1 Å². The molecule has 0 atom stereocenters. The molecular weight excluding hydrogens is 365 g/mol. The molecule has 0 fully saturated rings. The lowest BCUT2D eigenvalue weighted by molar-refractivity contribution is 0.180. The zero-order valence-corrected chi connectivity index (χ0v) is 13.0. The monoisotopic (exact) mass is 377 g/mol. The summed E-state index contributed by atoms with van der Waals surface area (Å²) in [5, 5.41) is 2.98. The van der Waals surface area contributed by atoms with E-state index in [9.17, 15) is 4.79 Å². The zero-order valence-electron chi connectivity index (χ0n) is 9.99. The van der Waals surface area contributed by atoms with Crippen molar-refractivity contribution >= 4 is 33.9 Å². The van der Waals surface area contributed by atoms with Gasteiger partial charge >= 0.3 is 0 Å². The van der Waals surface area contributed by atoms with Crippen molar-refractivity contribution in [2.45, 2.75) is 20.0 Å². The first-order valence-corrected chi connectivity index (χ1v) is 7.23.